The molecule has 0 unspecified atom stereocenters. The van der Waals surface area contributed by atoms with Crippen LogP contribution in [0.25, 0.3) is 0 Å². The Labute approximate surface area is 155 Å². The Bertz CT molecular complexity index is 577. The molecular formula is C20H29N3O3. The molecule has 1 amide bonds. The van der Waals surface area contributed by atoms with Crippen LogP contribution in [0.15, 0.2) is 24.5 Å². The zero-order chi connectivity index (χ0) is 17.8. The third-order valence-corrected chi connectivity index (χ3v) is 5.86. The lowest BCUT2D eigenvalue weighted by Crippen LogP contribution is -2.34. The Hall–Kier alpha value is -1.50. The number of nitrogens with zero attached hydrogens (tertiary/aromatic N) is 2. The summed E-state index contributed by atoms with van der Waals surface area (Å²) in [5, 5.41) is 3.09. The van der Waals surface area contributed by atoms with Gasteiger partial charge in [0.05, 0.1) is 18.6 Å². The Balaban J connectivity index is 1.17. The van der Waals surface area contributed by atoms with Crippen LogP contribution in [0.2, 0.25) is 0 Å². The predicted octanol–water partition coefficient (Wildman–Crippen LogP) is 1.60. The number of carbonyl (C=O) groups is 1. The number of rotatable bonds is 6. The van der Waals surface area contributed by atoms with Crippen molar-refractivity contribution in [3.63, 3.8) is 0 Å². The molecule has 4 heterocycles. The zero-order valence-electron chi connectivity index (χ0n) is 15.3. The summed E-state index contributed by atoms with van der Waals surface area (Å²) in [5.41, 5.74) is 1.25. The molecule has 1 aromatic heterocycles. The van der Waals surface area contributed by atoms with Gasteiger partial charge in [0.2, 0.25) is 5.91 Å². The molecule has 3 fully saturated rings. The van der Waals surface area contributed by atoms with Gasteiger partial charge in [0.15, 0.2) is 0 Å². The second-order valence-electron chi connectivity index (χ2n) is 7.91. The van der Waals surface area contributed by atoms with E-state index in [0.29, 0.717) is 18.3 Å². The highest BCUT2D eigenvalue weighted by Gasteiger charge is 2.42. The Morgan fingerprint density at radius 2 is 2.19 bits per heavy atom. The standard InChI is InChI=1S/C20H29N3O3/c24-20(22-11-15-3-6-25-7-4-15)9-18-8-17-13-23(14-19(17)26-18)12-16-2-1-5-21-10-16/h1-2,5,10,15,17-19H,3-4,6-9,11-14H2,(H,22,24)/t17-,18+,19+/m0/s1. The number of hydrogen-bond donors (Lipinski definition) is 1. The molecular weight excluding hydrogens is 330 g/mol. The fourth-order valence-electron chi connectivity index (χ4n) is 4.45. The van der Waals surface area contributed by atoms with E-state index in [4.69, 9.17) is 9.47 Å². The quantitative estimate of drug-likeness (QED) is 0.836. The first-order valence-electron chi connectivity index (χ1n) is 9.87. The van der Waals surface area contributed by atoms with Crippen LogP contribution in [0.5, 0.6) is 0 Å². The molecule has 1 N–H and O–H groups in total. The molecule has 1 aromatic rings. The van der Waals surface area contributed by atoms with Crippen molar-refractivity contribution >= 4 is 5.91 Å². The second kappa shape index (κ2) is 8.46. The van der Waals surface area contributed by atoms with E-state index < -0.39 is 0 Å². The lowest BCUT2D eigenvalue weighted by molar-refractivity contribution is -0.124. The van der Waals surface area contributed by atoms with Gasteiger partial charge in [0.1, 0.15) is 0 Å². The number of aromatic nitrogens is 1. The van der Waals surface area contributed by atoms with Crippen molar-refractivity contribution < 1.29 is 14.3 Å². The van der Waals surface area contributed by atoms with Crippen molar-refractivity contribution in [2.45, 2.75) is 44.4 Å². The van der Waals surface area contributed by atoms with E-state index in [-0.39, 0.29) is 18.1 Å². The number of carbonyl (C=O) groups excluding carboxylic acids is 1. The summed E-state index contributed by atoms with van der Waals surface area (Å²) in [5.74, 6) is 1.26. The molecule has 3 saturated heterocycles. The van der Waals surface area contributed by atoms with Crippen molar-refractivity contribution in [1.82, 2.24) is 15.2 Å². The third kappa shape index (κ3) is 4.61. The number of ether oxygens (including phenoxy) is 2. The molecule has 3 atom stereocenters. The maximum Gasteiger partial charge on any atom is 0.222 e. The fourth-order valence-corrected chi connectivity index (χ4v) is 4.45. The first-order chi connectivity index (χ1) is 12.8. The number of amides is 1. The van der Waals surface area contributed by atoms with Crippen LogP contribution in [0.1, 0.15) is 31.2 Å². The largest absolute Gasteiger partial charge is 0.381 e. The van der Waals surface area contributed by atoms with Crippen LogP contribution in [0.3, 0.4) is 0 Å². The predicted molar refractivity (Wildman–Crippen MR) is 97.5 cm³/mol. The first-order valence-corrected chi connectivity index (χ1v) is 9.87. The smallest absolute Gasteiger partial charge is 0.222 e. The molecule has 6 nitrogen and oxygen atoms in total. The minimum absolute atomic E-state index is 0.0835. The van der Waals surface area contributed by atoms with Crippen LogP contribution >= 0.6 is 0 Å². The van der Waals surface area contributed by atoms with Crippen LogP contribution in [0, 0.1) is 11.8 Å². The average molecular weight is 359 g/mol. The maximum absolute atomic E-state index is 12.2. The van der Waals surface area contributed by atoms with E-state index in [0.717, 1.165) is 58.7 Å². The number of pyridine rings is 1. The van der Waals surface area contributed by atoms with Gasteiger partial charge in [-0.05, 0) is 36.8 Å². The molecule has 0 radical (unpaired) electrons. The highest BCUT2D eigenvalue weighted by Crippen LogP contribution is 2.34. The zero-order valence-corrected chi connectivity index (χ0v) is 15.3. The van der Waals surface area contributed by atoms with Gasteiger partial charge < -0.3 is 14.8 Å². The Morgan fingerprint density at radius 1 is 1.31 bits per heavy atom. The molecule has 6 heteroatoms. The average Bonchev–Trinajstić information content (AvgIpc) is 3.19. The fraction of sp³-hybridized carbons (Fsp3) is 0.700. The van der Waals surface area contributed by atoms with Crippen molar-refractivity contribution in [1.29, 1.82) is 0 Å². The minimum atomic E-state index is 0.0835. The van der Waals surface area contributed by atoms with Gasteiger partial charge in [0, 0.05) is 57.7 Å². The van der Waals surface area contributed by atoms with E-state index >= 15 is 0 Å². The van der Waals surface area contributed by atoms with E-state index in [1.165, 1.54) is 5.56 Å². The van der Waals surface area contributed by atoms with Gasteiger partial charge in [-0.1, -0.05) is 6.07 Å². The van der Waals surface area contributed by atoms with Crippen LogP contribution in [-0.2, 0) is 20.8 Å². The lowest BCUT2D eigenvalue weighted by atomic mass is 9.99. The van der Waals surface area contributed by atoms with Crippen molar-refractivity contribution in [3.05, 3.63) is 30.1 Å². The minimum Gasteiger partial charge on any atom is -0.381 e. The molecule has 3 aliphatic rings. The van der Waals surface area contributed by atoms with E-state index in [1.807, 2.05) is 18.5 Å². The molecule has 0 aromatic carbocycles. The number of nitrogens with one attached hydrogen (secondary N) is 1. The molecule has 4 rings (SSSR count). The van der Waals surface area contributed by atoms with E-state index in [2.05, 4.69) is 21.3 Å². The lowest BCUT2D eigenvalue weighted by Gasteiger charge is -2.22. The van der Waals surface area contributed by atoms with Gasteiger partial charge in [-0.3, -0.25) is 14.7 Å². The Morgan fingerprint density at radius 3 is 2.96 bits per heavy atom. The van der Waals surface area contributed by atoms with Crippen molar-refractivity contribution in [3.8, 4) is 0 Å². The maximum atomic E-state index is 12.2. The summed E-state index contributed by atoms with van der Waals surface area (Å²) in [6.45, 7) is 5.37. The normalized spacial score (nSPS) is 29.6. The van der Waals surface area contributed by atoms with Crippen molar-refractivity contribution in [2.75, 3.05) is 32.8 Å². The highest BCUT2D eigenvalue weighted by molar-refractivity contribution is 5.76. The summed E-state index contributed by atoms with van der Waals surface area (Å²) in [4.78, 5) is 18.9. The van der Waals surface area contributed by atoms with Gasteiger partial charge in [-0.25, -0.2) is 0 Å². The first kappa shape index (κ1) is 17.9. The molecule has 0 bridgehead atoms. The third-order valence-electron chi connectivity index (χ3n) is 5.86. The summed E-state index contributed by atoms with van der Waals surface area (Å²) in [6.07, 6.45) is 7.70. The van der Waals surface area contributed by atoms with E-state index in [1.54, 1.807) is 0 Å². The van der Waals surface area contributed by atoms with Gasteiger partial charge in [-0.15, -0.1) is 0 Å². The highest BCUT2D eigenvalue weighted by atomic mass is 16.5. The molecule has 142 valence electrons. The summed E-state index contributed by atoms with van der Waals surface area (Å²) >= 11 is 0. The SMILES string of the molecule is O=C(C[C@H]1C[C@H]2CN(Cc3cccnc3)C[C@H]2O1)NCC1CCOCC1. The van der Waals surface area contributed by atoms with E-state index in [9.17, 15) is 4.79 Å². The van der Waals surface area contributed by atoms with Crippen molar-refractivity contribution in [2.24, 2.45) is 11.8 Å². The van der Waals surface area contributed by atoms with Gasteiger partial charge in [-0.2, -0.15) is 0 Å². The molecule has 3 aliphatic heterocycles. The number of fused-ring (bicyclic) bond motifs is 1. The summed E-state index contributed by atoms with van der Waals surface area (Å²) in [6, 6.07) is 4.10. The topological polar surface area (TPSA) is 63.7 Å². The van der Waals surface area contributed by atoms with Crippen LogP contribution in [0.4, 0.5) is 0 Å². The second-order valence-corrected chi connectivity index (χ2v) is 7.91. The monoisotopic (exact) mass is 359 g/mol. The molecule has 0 spiro atoms. The van der Waals surface area contributed by atoms with Gasteiger partial charge in [0.25, 0.3) is 0 Å². The van der Waals surface area contributed by atoms with Crippen LogP contribution in [-0.4, -0.2) is 60.8 Å². The Kier molecular flexibility index (Phi) is 5.82. The molecule has 26 heavy (non-hydrogen) atoms. The number of hydrogen-bond acceptors (Lipinski definition) is 5. The molecule has 0 saturated carbocycles. The summed E-state index contributed by atoms with van der Waals surface area (Å²) < 4.78 is 11.5. The molecule has 0 aliphatic carbocycles. The summed E-state index contributed by atoms with van der Waals surface area (Å²) in [7, 11) is 0. The van der Waals surface area contributed by atoms with Crippen LogP contribution < -0.4 is 5.32 Å². The van der Waals surface area contributed by atoms with Gasteiger partial charge >= 0.3 is 0 Å². The number of likely N-dealkylation sites (tertiary alicyclic amines) is 1.